The molecule has 2 saturated heterocycles. The minimum Gasteiger partial charge on any atom is -0.492 e. The second-order valence-electron chi connectivity index (χ2n) is 16.8. The molecule has 8 rings (SSSR count). The molecule has 5 heterocycles. The number of esters is 1. The van der Waals surface area contributed by atoms with Crippen LogP contribution in [-0.2, 0) is 51.3 Å². The van der Waals surface area contributed by atoms with Crippen molar-refractivity contribution in [1.82, 2.24) is 30.1 Å². The van der Waals surface area contributed by atoms with E-state index in [2.05, 4.69) is 25.6 Å². The summed E-state index contributed by atoms with van der Waals surface area (Å²) in [5.41, 5.74) is 3.10. The van der Waals surface area contributed by atoms with E-state index in [1.165, 1.54) is 28.1 Å². The van der Waals surface area contributed by atoms with Crippen LogP contribution in [0.15, 0.2) is 93.1 Å². The molecule has 1 aliphatic carbocycles. The number of benzene rings is 2. The van der Waals surface area contributed by atoms with Gasteiger partial charge >= 0.3 is 12.1 Å². The molecule has 3 N–H and O–H groups in total. The summed E-state index contributed by atoms with van der Waals surface area (Å²) in [6, 6.07) is 15.5. The number of Topliss-reactive ketones (excluding diaryl/α,β-unsaturated/α-hetero) is 3. The predicted molar refractivity (Wildman–Crippen MR) is 252 cm³/mol. The maximum absolute atomic E-state index is 13.7. The van der Waals surface area contributed by atoms with Crippen molar-refractivity contribution in [2.75, 3.05) is 45.0 Å². The molecular formula is C48H51N7O11S2. The number of aryl methyl sites for hydroxylation is 1. The van der Waals surface area contributed by atoms with Gasteiger partial charge in [0.2, 0.25) is 11.6 Å². The van der Waals surface area contributed by atoms with Crippen LogP contribution in [0.2, 0.25) is 0 Å². The highest BCUT2D eigenvalue weighted by Crippen LogP contribution is 2.60. The first kappa shape index (κ1) is 48.0. The Bertz CT molecular complexity index is 2800. The van der Waals surface area contributed by atoms with Gasteiger partial charge < -0.3 is 39.5 Å². The molecule has 356 valence electrons. The van der Waals surface area contributed by atoms with Crippen LogP contribution in [0.4, 0.5) is 10.5 Å². The van der Waals surface area contributed by atoms with Gasteiger partial charge in [-0.15, -0.1) is 0 Å². The number of hydrogen-bond acceptors (Lipinski definition) is 17. The van der Waals surface area contributed by atoms with Crippen LogP contribution in [0.1, 0.15) is 66.8 Å². The lowest BCUT2D eigenvalue weighted by Gasteiger charge is -2.40. The first-order valence-corrected chi connectivity index (χ1v) is 24.4. The van der Waals surface area contributed by atoms with Crippen LogP contribution >= 0.6 is 21.6 Å². The number of amides is 2. The van der Waals surface area contributed by atoms with Crippen LogP contribution in [-0.4, -0.2) is 118 Å². The van der Waals surface area contributed by atoms with Crippen molar-refractivity contribution in [3.63, 3.8) is 0 Å². The molecule has 2 amide bonds. The second kappa shape index (κ2) is 20.4. The van der Waals surface area contributed by atoms with Gasteiger partial charge in [0.15, 0.2) is 17.0 Å². The number of carbonyl (C=O) groups excluding carboxylic acids is 6. The van der Waals surface area contributed by atoms with Crippen molar-refractivity contribution in [2.45, 2.75) is 82.3 Å². The molecule has 0 bridgehead atoms. The first-order valence-electron chi connectivity index (χ1n) is 22.1. The van der Waals surface area contributed by atoms with Gasteiger partial charge in [0.05, 0.1) is 48.7 Å². The van der Waals surface area contributed by atoms with Crippen molar-refractivity contribution < 1.29 is 47.7 Å². The molecule has 0 radical (unpaired) electrons. The van der Waals surface area contributed by atoms with Gasteiger partial charge in [0.1, 0.15) is 25.0 Å². The number of methoxy groups -OCH3 is 2. The van der Waals surface area contributed by atoms with Crippen molar-refractivity contribution in [3.05, 3.63) is 116 Å². The van der Waals surface area contributed by atoms with Gasteiger partial charge in [-0.1, -0.05) is 33.7 Å². The summed E-state index contributed by atoms with van der Waals surface area (Å²) in [4.78, 5) is 106. The summed E-state index contributed by atoms with van der Waals surface area (Å²) in [5.74, 6) is -1.65. The zero-order valence-electron chi connectivity index (χ0n) is 38.2. The number of piperazine rings is 1. The summed E-state index contributed by atoms with van der Waals surface area (Å²) in [7, 11) is 6.01. The molecule has 0 spiro atoms. The highest BCUT2D eigenvalue weighted by molar-refractivity contribution is 8.76. The summed E-state index contributed by atoms with van der Waals surface area (Å²) < 4.78 is 22.6. The van der Waals surface area contributed by atoms with E-state index in [1.807, 2.05) is 24.3 Å². The van der Waals surface area contributed by atoms with Crippen LogP contribution in [0.5, 0.6) is 0 Å². The van der Waals surface area contributed by atoms with Gasteiger partial charge in [0, 0.05) is 78.7 Å². The van der Waals surface area contributed by atoms with Gasteiger partial charge in [-0.05, 0) is 74.7 Å². The Hall–Kier alpha value is -6.51. The summed E-state index contributed by atoms with van der Waals surface area (Å²) in [6.45, 7) is 5.32. The van der Waals surface area contributed by atoms with E-state index in [-0.39, 0.29) is 77.0 Å². The molecule has 0 unspecified atom stereocenters. The summed E-state index contributed by atoms with van der Waals surface area (Å²) >= 11 is 0. The normalized spacial score (nSPS) is 20.3. The number of aromatic nitrogens is 3. The van der Waals surface area contributed by atoms with E-state index in [9.17, 15) is 33.6 Å². The molecule has 2 aromatic carbocycles. The van der Waals surface area contributed by atoms with Crippen molar-refractivity contribution in [2.24, 2.45) is 5.92 Å². The number of pyridine rings is 1. The Morgan fingerprint density at radius 3 is 2.43 bits per heavy atom. The second-order valence-corrected chi connectivity index (χ2v) is 19.3. The number of rotatable bonds is 20. The van der Waals surface area contributed by atoms with Crippen LogP contribution in [0.3, 0.4) is 0 Å². The number of ketones is 3. The Morgan fingerprint density at radius 1 is 0.956 bits per heavy atom. The molecular weight excluding hydrogens is 915 g/mol. The third-order valence-electron chi connectivity index (χ3n) is 12.5. The fourth-order valence-electron chi connectivity index (χ4n) is 9.18. The molecule has 2 fully saturated rings. The number of aromatic amines is 1. The highest BCUT2D eigenvalue weighted by atomic mass is 33.1. The first-order chi connectivity index (χ1) is 32.7. The average molecular weight is 966 g/mol. The molecule has 4 aromatic rings. The van der Waals surface area contributed by atoms with E-state index in [0.29, 0.717) is 49.1 Å². The Kier molecular flexibility index (Phi) is 14.4. The number of anilines is 1. The summed E-state index contributed by atoms with van der Waals surface area (Å²) in [5, 5.41) is 6.11. The van der Waals surface area contributed by atoms with E-state index in [1.54, 1.807) is 74.8 Å². The third-order valence-corrected chi connectivity index (χ3v) is 14.9. The van der Waals surface area contributed by atoms with Crippen molar-refractivity contribution in [1.29, 1.82) is 0 Å². The number of nitrogens with zero attached hydrogens (tertiary/aromatic N) is 4. The molecule has 2 aromatic heterocycles. The lowest BCUT2D eigenvalue weighted by atomic mass is 9.83. The monoisotopic (exact) mass is 965 g/mol. The number of carbonyl (C=O) groups is 6. The van der Waals surface area contributed by atoms with Gasteiger partial charge in [0.25, 0.3) is 11.5 Å². The van der Waals surface area contributed by atoms with E-state index < -0.39 is 35.5 Å². The lowest BCUT2D eigenvalue weighted by molar-refractivity contribution is -0.160. The Labute approximate surface area is 399 Å². The van der Waals surface area contributed by atoms with Crippen LogP contribution in [0.25, 0.3) is 11.0 Å². The molecule has 4 aliphatic rings. The number of nitrogens with one attached hydrogen (secondary N) is 3. The zero-order valence-corrected chi connectivity index (χ0v) is 39.8. The van der Waals surface area contributed by atoms with E-state index >= 15 is 0 Å². The molecule has 3 aliphatic heterocycles. The van der Waals surface area contributed by atoms with Crippen LogP contribution < -0.4 is 16.2 Å². The Morgan fingerprint density at radius 2 is 1.71 bits per heavy atom. The van der Waals surface area contributed by atoms with E-state index in [4.69, 9.17) is 18.9 Å². The smallest absolute Gasteiger partial charge is 0.410 e. The largest absolute Gasteiger partial charge is 0.492 e. The zero-order chi connectivity index (χ0) is 48.3. The highest BCUT2D eigenvalue weighted by Gasteiger charge is 2.78. The lowest BCUT2D eigenvalue weighted by Crippen LogP contribution is -2.56. The Balaban J connectivity index is 0.709. The minimum atomic E-state index is -1.33. The third kappa shape index (κ3) is 9.61. The molecule has 20 heteroatoms. The van der Waals surface area contributed by atoms with Crippen molar-refractivity contribution >= 4 is 73.6 Å². The number of hydrogen-bond donors (Lipinski definition) is 3. The topological polar surface area (TPSA) is 228 Å². The van der Waals surface area contributed by atoms with Crippen LogP contribution in [0, 0.1) is 12.8 Å². The molecule has 4 atom stereocenters. The standard InChI is InChI=1S/C48H51N7O11S2/c1-26-20-36-39(46(61)52-26)53-32(22-51-36)21-50-31-14-12-30(13-15-31)45(60)49-18-6-8-33(57)9-7-19-67-68-34-16-10-29(11-17-34)24-66-47(62)55-37-23-54-40-38(42(59)43(63-4)27(2)41(40)58)35(25-65-28(3)56)48(54,64-5)44(37)55/h10-17,20,22,35,37,44,50H,6-9,18-19,21,23-25H2,1-5H3,(H,49,60)(H,52,61)/t35-,37+,44+,48-,55?/m1/s1. The van der Waals surface area contributed by atoms with Gasteiger partial charge in [-0.25, -0.2) is 9.78 Å². The van der Waals surface area contributed by atoms with Gasteiger partial charge in [-0.2, -0.15) is 0 Å². The molecule has 68 heavy (non-hydrogen) atoms. The van der Waals surface area contributed by atoms with Crippen molar-refractivity contribution in [3.8, 4) is 0 Å². The minimum absolute atomic E-state index is 0.0204. The quantitative estimate of drug-likeness (QED) is 0.0331. The number of ether oxygens (including phenoxy) is 4. The molecule has 18 nitrogen and oxygen atoms in total. The van der Waals surface area contributed by atoms with E-state index in [0.717, 1.165) is 34.0 Å². The average Bonchev–Trinajstić information content (AvgIpc) is 3.84. The van der Waals surface area contributed by atoms with Gasteiger partial charge in [-0.3, -0.25) is 38.7 Å². The number of allylic oxidation sites excluding steroid dienone is 2. The maximum atomic E-state index is 13.7. The molecule has 0 saturated carbocycles. The fraction of sp³-hybridized carbons (Fsp3) is 0.396. The summed E-state index contributed by atoms with van der Waals surface area (Å²) in [6.07, 6.45) is 3.17. The fourth-order valence-corrected chi connectivity index (χ4v) is 11.3. The number of fused-ring (bicyclic) bond motifs is 5. The number of H-pyrrole nitrogens is 1. The SMILES string of the molecule is COC1=C(C)C(=O)C2=C(C1=O)[C@@H](COC(C)=O)[C@@]1(OC)[C@@H]3[C@H](CN21)N3C(=O)OCc1ccc(SSCCCC(=O)CCCNC(=O)c2ccc(NCc3cnc4cc(C)[nH]c(=O)c4n3)cc2)cc1. The predicted octanol–water partition coefficient (Wildman–Crippen LogP) is 5.41. The maximum Gasteiger partial charge on any atom is 0.410 e.